The van der Waals surface area contributed by atoms with Gasteiger partial charge in [-0.15, -0.1) is 0 Å². The molecule has 0 fully saturated rings. The lowest BCUT2D eigenvalue weighted by Crippen LogP contribution is -2.13. The predicted octanol–water partition coefficient (Wildman–Crippen LogP) is 3.69. The highest BCUT2D eigenvalue weighted by molar-refractivity contribution is 6.34. The van der Waals surface area contributed by atoms with Crippen molar-refractivity contribution in [2.24, 2.45) is 0 Å². The molecular formula is C13H13Cl2N3O. The molecule has 0 spiro atoms. The maximum atomic E-state index is 5.91. The van der Waals surface area contributed by atoms with Gasteiger partial charge in [0.25, 0.3) is 0 Å². The highest BCUT2D eigenvalue weighted by Gasteiger charge is 2.04. The molecule has 19 heavy (non-hydrogen) atoms. The minimum absolute atomic E-state index is 0.411. The fourth-order valence-corrected chi connectivity index (χ4v) is 1.99. The number of hydrogen-bond donors (Lipinski definition) is 1. The maximum Gasteiger partial charge on any atom is 0.238 e. The van der Waals surface area contributed by atoms with E-state index in [-0.39, 0.29) is 0 Å². The van der Waals surface area contributed by atoms with Crippen LogP contribution in [0.5, 0.6) is 11.6 Å². The Hall–Kier alpha value is -1.36. The predicted molar refractivity (Wildman–Crippen MR) is 75.9 cm³/mol. The van der Waals surface area contributed by atoms with Crippen molar-refractivity contribution >= 4 is 23.2 Å². The van der Waals surface area contributed by atoms with Crippen LogP contribution in [0.3, 0.4) is 0 Å². The fraction of sp³-hybridized carbons (Fsp3) is 0.231. The first-order chi connectivity index (χ1) is 9.17. The van der Waals surface area contributed by atoms with Crippen LogP contribution in [0.4, 0.5) is 0 Å². The van der Waals surface area contributed by atoms with Crippen LogP contribution in [-0.2, 0) is 6.54 Å². The monoisotopic (exact) mass is 297 g/mol. The molecule has 1 aromatic heterocycles. The van der Waals surface area contributed by atoms with E-state index >= 15 is 0 Å². The topological polar surface area (TPSA) is 47.0 Å². The van der Waals surface area contributed by atoms with Gasteiger partial charge in [0.15, 0.2) is 0 Å². The van der Waals surface area contributed by atoms with E-state index in [1.54, 1.807) is 30.6 Å². The van der Waals surface area contributed by atoms with E-state index in [1.165, 1.54) is 0 Å². The van der Waals surface area contributed by atoms with Crippen LogP contribution in [0, 0.1) is 0 Å². The standard InChI is InChI=1S/C13H13Cl2N3O/c1-2-16-6-11-7-17-8-13(18-11)19-12-4-9(14)3-10(15)5-12/h3-5,7-8,16H,2,6H2,1H3. The number of rotatable bonds is 5. The van der Waals surface area contributed by atoms with Crippen molar-refractivity contribution in [3.05, 3.63) is 46.3 Å². The third-order valence-corrected chi connectivity index (χ3v) is 2.71. The van der Waals surface area contributed by atoms with Gasteiger partial charge in [-0.2, -0.15) is 0 Å². The Morgan fingerprint density at radius 1 is 1.16 bits per heavy atom. The summed E-state index contributed by atoms with van der Waals surface area (Å²) in [5.41, 5.74) is 0.812. The summed E-state index contributed by atoms with van der Waals surface area (Å²) in [5.74, 6) is 0.945. The molecule has 0 aliphatic heterocycles. The summed E-state index contributed by atoms with van der Waals surface area (Å²) < 4.78 is 5.59. The van der Waals surface area contributed by atoms with E-state index in [0.29, 0.717) is 28.2 Å². The van der Waals surface area contributed by atoms with Gasteiger partial charge in [0.2, 0.25) is 5.88 Å². The van der Waals surface area contributed by atoms with Gasteiger partial charge < -0.3 is 10.1 Å². The van der Waals surface area contributed by atoms with Gasteiger partial charge in [-0.1, -0.05) is 30.1 Å². The summed E-state index contributed by atoms with van der Waals surface area (Å²) in [6.07, 6.45) is 3.24. The summed E-state index contributed by atoms with van der Waals surface area (Å²) in [5, 5.41) is 4.20. The van der Waals surface area contributed by atoms with Crippen LogP contribution in [0.15, 0.2) is 30.6 Å². The lowest BCUT2D eigenvalue weighted by atomic mass is 10.3. The number of halogens is 2. The van der Waals surface area contributed by atoms with E-state index < -0.39 is 0 Å². The normalized spacial score (nSPS) is 10.5. The molecule has 1 N–H and O–H groups in total. The number of nitrogens with zero attached hydrogens (tertiary/aromatic N) is 2. The second-order valence-corrected chi connectivity index (χ2v) is 4.71. The van der Waals surface area contributed by atoms with Crippen LogP contribution < -0.4 is 10.1 Å². The molecule has 1 aromatic carbocycles. The van der Waals surface area contributed by atoms with Gasteiger partial charge in [-0.3, -0.25) is 4.98 Å². The van der Waals surface area contributed by atoms with Gasteiger partial charge in [-0.05, 0) is 24.7 Å². The third kappa shape index (κ3) is 4.35. The average Bonchev–Trinajstić information content (AvgIpc) is 2.35. The lowest BCUT2D eigenvalue weighted by Gasteiger charge is -2.07. The SMILES string of the molecule is CCNCc1cncc(Oc2cc(Cl)cc(Cl)c2)n1. The molecule has 0 atom stereocenters. The summed E-state index contributed by atoms with van der Waals surface area (Å²) in [4.78, 5) is 8.42. The Balaban J connectivity index is 2.13. The molecule has 0 aliphatic carbocycles. The number of nitrogens with one attached hydrogen (secondary N) is 1. The summed E-state index contributed by atoms with van der Waals surface area (Å²) in [7, 11) is 0. The molecule has 2 rings (SSSR count). The minimum atomic E-state index is 0.411. The lowest BCUT2D eigenvalue weighted by molar-refractivity contribution is 0.456. The van der Waals surface area contributed by atoms with Crippen molar-refractivity contribution in [2.45, 2.75) is 13.5 Å². The first-order valence-electron chi connectivity index (χ1n) is 5.83. The molecule has 0 radical (unpaired) electrons. The zero-order chi connectivity index (χ0) is 13.7. The molecule has 2 aromatic rings. The second kappa shape index (κ2) is 6.70. The Labute approximate surface area is 121 Å². The Morgan fingerprint density at radius 3 is 2.58 bits per heavy atom. The third-order valence-electron chi connectivity index (χ3n) is 2.28. The van der Waals surface area contributed by atoms with Crippen LogP contribution in [0.2, 0.25) is 10.0 Å². The zero-order valence-corrected chi connectivity index (χ0v) is 11.9. The van der Waals surface area contributed by atoms with E-state index in [1.807, 2.05) is 6.92 Å². The van der Waals surface area contributed by atoms with Gasteiger partial charge in [0, 0.05) is 22.8 Å². The van der Waals surface area contributed by atoms with E-state index in [9.17, 15) is 0 Å². The summed E-state index contributed by atoms with van der Waals surface area (Å²) >= 11 is 11.8. The first kappa shape index (κ1) is 14.1. The molecule has 4 nitrogen and oxygen atoms in total. The van der Waals surface area contributed by atoms with Crippen molar-refractivity contribution in [1.29, 1.82) is 0 Å². The van der Waals surface area contributed by atoms with E-state index in [0.717, 1.165) is 12.2 Å². The molecule has 0 saturated heterocycles. The number of aromatic nitrogens is 2. The van der Waals surface area contributed by atoms with Gasteiger partial charge in [0.05, 0.1) is 11.9 Å². The smallest absolute Gasteiger partial charge is 0.238 e. The molecule has 0 aliphatic rings. The highest BCUT2D eigenvalue weighted by atomic mass is 35.5. The maximum absolute atomic E-state index is 5.91. The molecule has 0 bridgehead atoms. The van der Waals surface area contributed by atoms with Gasteiger partial charge >= 0.3 is 0 Å². The quantitative estimate of drug-likeness (QED) is 0.914. The molecular weight excluding hydrogens is 285 g/mol. The van der Waals surface area contributed by atoms with Crippen molar-refractivity contribution in [3.63, 3.8) is 0 Å². The second-order valence-electron chi connectivity index (χ2n) is 3.84. The number of hydrogen-bond acceptors (Lipinski definition) is 4. The van der Waals surface area contributed by atoms with Gasteiger partial charge in [0.1, 0.15) is 5.75 Å². The minimum Gasteiger partial charge on any atom is -0.437 e. The molecule has 6 heteroatoms. The highest BCUT2D eigenvalue weighted by Crippen LogP contribution is 2.27. The van der Waals surface area contributed by atoms with E-state index in [4.69, 9.17) is 27.9 Å². The van der Waals surface area contributed by atoms with E-state index in [2.05, 4.69) is 15.3 Å². The number of benzene rings is 1. The molecule has 100 valence electrons. The van der Waals surface area contributed by atoms with Crippen LogP contribution in [0.1, 0.15) is 12.6 Å². The molecule has 1 heterocycles. The Kier molecular flexibility index (Phi) is 4.96. The molecule has 0 saturated carbocycles. The molecule has 0 unspecified atom stereocenters. The zero-order valence-electron chi connectivity index (χ0n) is 10.4. The fourth-order valence-electron chi connectivity index (χ4n) is 1.48. The van der Waals surface area contributed by atoms with Crippen LogP contribution in [-0.4, -0.2) is 16.5 Å². The van der Waals surface area contributed by atoms with Crippen LogP contribution >= 0.6 is 23.2 Å². The van der Waals surface area contributed by atoms with Crippen molar-refractivity contribution in [1.82, 2.24) is 15.3 Å². The average molecular weight is 298 g/mol. The van der Waals surface area contributed by atoms with Gasteiger partial charge in [-0.25, -0.2) is 4.98 Å². The largest absolute Gasteiger partial charge is 0.437 e. The van der Waals surface area contributed by atoms with Crippen molar-refractivity contribution in [2.75, 3.05) is 6.54 Å². The molecule has 0 amide bonds. The summed E-state index contributed by atoms with van der Waals surface area (Å²) in [6, 6.07) is 4.99. The van der Waals surface area contributed by atoms with Crippen molar-refractivity contribution in [3.8, 4) is 11.6 Å². The first-order valence-corrected chi connectivity index (χ1v) is 6.58. The number of ether oxygens (including phenoxy) is 1. The van der Waals surface area contributed by atoms with Crippen LogP contribution in [0.25, 0.3) is 0 Å². The summed E-state index contributed by atoms with van der Waals surface area (Å²) in [6.45, 7) is 3.55. The van der Waals surface area contributed by atoms with Crippen molar-refractivity contribution < 1.29 is 4.74 Å². The Bertz CT molecular complexity index is 543. The Morgan fingerprint density at radius 2 is 1.89 bits per heavy atom.